The number of fused-ring (bicyclic) bond motifs is 2. The zero-order valence-corrected chi connectivity index (χ0v) is 19.4. The van der Waals surface area contributed by atoms with Gasteiger partial charge in [0.25, 0.3) is 5.56 Å². The second-order valence-corrected chi connectivity index (χ2v) is 9.41. The van der Waals surface area contributed by atoms with Gasteiger partial charge in [0.05, 0.1) is 28.0 Å². The van der Waals surface area contributed by atoms with Crippen molar-refractivity contribution in [2.24, 2.45) is 5.92 Å². The Labute approximate surface area is 194 Å². The predicted octanol–water partition coefficient (Wildman–Crippen LogP) is 4.17. The molecular formula is C23H23ClN4O3S. The van der Waals surface area contributed by atoms with Crippen molar-refractivity contribution < 1.29 is 9.59 Å². The van der Waals surface area contributed by atoms with E-state index in [0.29, 0.717) is 44.9 Å². The molecule has 0 saturated carbocycles. The van der Waals surface area contributed by atoms with Crippen molar-refractivity contribution in [3.63, 3.8) is 0 Å². The number of thioether (sulfide) groups is 1. The Bertz CT molecular complexity index is 1260. The van der Waals surface area contributed by atoms with E-state index < -0.39 is 0 Å². The number of aromatic nitrogens is 2. The molecule has 2 heterocycles. The average Bonchev–Trinajstić information content (AvgIpc) is 2.76. The van der Waals surface area contributed by atoms with Crippen LogP contribution < -0.4 is 15.8 Å². The zero-order valence-electron chi connectivity index (χ0n) is 17.8. The van der Waals surface area contributed by atoms with Gasteiger partial charge in [0.15, 0.2) is 5.16 Å². The number of nitrogens with one attached hydrogen (secondary N) is 1. The number of hydrogen-bond donors (Lipinski definition) is 1. The summed E-state index contributed by atoms with van der Waals surface area (Å²) in [6.45, 7) is 4.65. The molecule has 9 heteroatoms. The van der Waals surface area contributed by atoms with Crippen LogP contribution in [0.25, 0.3) is 10.9 Å². The number of carbonyl (C=O) groups is 2. The largest absolute Gasteiger partial charge is 0.323 e. The van der Waals surface area contributed by atoms with Gasteiger partial charge in [0.1, 0.15) is 6.54 Å². The number of rotatable bonds is 6. The number of carbonyl (C=O) groups excluding carboxylic acids is 2. The third-order valence-electron chi connectivity index (χ3n) is 5.21. The lowest BCUT2D eigenvalue weighted by Crippen LogP contribution is -2.43. The van der Waals surface area contributed by atoms with E-state index >= 15 is 0 Å². The summed E-state index contributed by atoms with van der Waals surface area (Å²) < 4.78 is 1.63. The summed E-state index contributed by atoms with van der Waals surface area (Å²) in [6, 6.07) is 12.2. The molecule has 0 bridgehead atoms. The molecule has 1 N–H and O–H groups in total. The minimum atomic E-state index is -0.241. The number of nitrogens with zero attached hydrogens (tertiary/aromatic N) is 3. The number of benzene rings is 2. The lowest BCUT2D eigenvalue weighted by molar-refractivity contribution is -0.120. The molecule has 0 unspecified atom stereocenters. The number of halogens is 1. The Hall–Kier alpha value is -2.84. The molecule has 1 aliphatic heterocycles. The van der Waals surface area contributed by atoms with E-state index in [0.717, 1.165) is 6.42 Å². The molecule has 0 spiro atoms. The monoisotopic (exact) mass is 470 g/mol. The Morgan fingerprint density at radius 1 is 1.22 bits per heavy atom. The van der Waals surface area contributed by atoms with Gasteiger partial charge in [-0.25, -0.2) is 4.98 Å². The van der Waals surface area contributed by atoms with E-state index in [1.54, 1.807) is 41.0 Å². The minimum Gasteiger partial charge on any atom is -0.323 e. The van der Waals surface area contributed by atoms with Gasteiger partial charge < -0.3 is 10.2 Å². The van der Waals surface area contributed by atoms with Crippen LogP contribution in [0.3, 0.4) is 0 Å². The van der Waals surface area contributed by atoms with Gasteiger partial charge >= 0.3 is 0 Å². The molecule has 1 aromatic heterocycles. The van der Waals surface area contributed by atoms with Crippen LogP contribution in [0.5, 0.6) is 0 Å². The molecule has 0 aliphatic carbocycles. The van der Waals surface area contributed by atoms with Crippen LogP contribution in [-0.2, 0) is 16.1 Å². The SMILES string of the molecule is CC(C)CCn1c(SCC(=O)N2CC(=O)Nc3ccccc32)nc2cc(Cl)ccc2c1=O. The Balaban J connectivity index is 1.63. The fraction of sp³-hybridized carbons (Fsp3) is 0.304. The highest BCUT2D eigenvalue weighted by Crippen LogP contribution is 2.30. The smallest absolute Gasteiger partial charge is 0.262 e. The van der Waals surface area contributed by atoms with Crippen LogP contribution >= 0.6 is 23.4 Å². The maximum atomic E-state index is 13.1. The van der Waals surface area contributed by atoms with Crippen molar-refractivity contribution in [2.75, 3.05) is 22.5 Å². The van der Waals surface area contributed by atoms with E-state index in [2.05, 4.69) is 24.1 Å². The molecule has 0 radical (unpaired) electrons. The summed E-state index contributed by atoms with van der Waals surface area (Å²) in [6.07, 6.45) is 0.807. The van der Waals surface area contributed by atoms with Gasteiger partial charge in [-0.1, -0.05) is 49.3 Å². The number of anilines is 2. The maximum absolute atomic E-state index is 13.1. The maximum Gasteiger partial charge on any atom is 0.262 e. The van der Waals surface area contributed by atoms with Gasteiger partial charge in [-0.2, -0.15) is 0 Å². The highest BCUT2D eigenvalue weighted by Gasteiger charge is 2.27. The molecule has 0 saturated heterocycles. The van der Waals surface area contributed by atoms with Crippen LogP contribution in [0.15, 0.2) is 52.4 Å². The van der Waals surface area contributed by atoms with Crippen molar-refractivity contribution in [3.05, 3.63) is 57.8 Å². The van der Waals surface area contributed by atoms with Crippen LogP contribution in [0.4, 0.5) is 11.4 Å². The first-order valence-electron chi connectivity index (χ1n) is 10.4. The molecular weight excluding hydrogens is 448 g/mol. The zero-order chi connectivity index (χ0) is 22.8. The second-order valence-electron chi connectivity index (χ2n) is 8.03. The summed E-state index contributed by atoms with van der Waals surface area (Å²) in [4.78, 5) is 44.4. The molecule has 2 amide bonds. The molecule has 7 nitrogen and oxygen atoms in total. The first-order valence-corrected chi connectivity index (χ1v) is 11.7. The third kappa shape index (κ3) is 4.66. The Kier molecular flexibility index (Phi) is 6.53. The van der Waals surface area contributed by atoms with Crippen molar-refractivity contribution >= 4 is 57.5 Å². The summed E-state index contributed by atoms with van der Waals surface area (Å²) in [5.41, 5.74) is 1.62. The fourth-order valence-electron chi connectivity index (χ4n) is 3.53. The van der Waals surface area contributed by atoms with Crippen LogP contribution in [0.1, 0.15) is 20.3 Å². The fourth-order valence-corrected chi connectivity index (χ4v) is 4.60. The van der Waals surface area contributed by atoms with E-state index in [9.17, 15) is 14.4 Å². The Morgan fingerprint density at radius 3 is 2.78 bits per heavy atom. The van der Waals surface area contributed by atoms with Gasteiger partial charge in [-0.05, 0) is 42.7 Å². The van der Waals surface area contributed by atoms with Crippen molar-refractivity contribution in [3.8, 4) is 0 Å². The van der Waals surface area contributed by atoms with Crippen LogP contribution in [0.2, 0.25) is 5.02 Å². The van der Waals surface area contributed by atoms with Crippen LogP contribution in [-0.4, -0.2) is 33.7 Å². The third-order valence-corrected chi connectivity index (χ3v) is 6.41. The molecule has 0 fully saturated rings. The van der Waals surface area contributed by atoms with Crippen LogP contribution in [0, 0.1) is 5.92 Å². The number of para-hydroxylation sites is 2. The summed E-state index contributed by atoms with van der Waals surface area (Å²) >= 11 is 7.30. The predicted molar refractivity (Wildman–Crippen MR) is 129 cm³/mol. The average molecular weight is 471 g/mol. The Morgan fingerprint density at radius 2 is 2.00 bits per heavy atom. The summed E-state index contributed by atoms with van der Waals surface area (Å²) in [5.74, 6) is -0.0184. The molecule has 4 rings (SSSR count). The lowest BCUT2D eigenvalue weighted by atomic mass is 10.1. The first-order chi connectivity index (χ1) is 15.3. The van der Waals surface area contributed by atoms with Crippen molar-refractivity contribution in [1.29, 1.82) is 0 Å². The highest BCUT2D eigenvalue weighted by molar-refractivity contribution is 7.99. The summed E-state index contributed by atoms with van der Waals surface area (Å²) in [5, 5.41) is 4.23. The molecule has 3 aromatic rings. The standard InChI is InChI=1S/C23H23ClN4O3S/c1-14(2)9-10-27-22(31)16-8-7-15(24)11-18(16)26-23(27)32-13-21(30)28-12-20(29)25-17-5-3-4-6-19(17)28/h3-8,11,14H,9-10,12-13H2,1-2H3,(H,25,29). The van der Waals surface area contributed by atoms with Gasteiger partial charge in [0, 0.05) is 11.6 Å². The topological polar surface area (TPSA) is 84.3 Å². The van der Waals surface area contributed by atoms with E-state index in [1.807, 2.05) is 6.07 Å². The second kappa shape index (κ2) is 9.34. The van der Waals surface area contributed by atoms with Gasteiger partial charge in [0.2, 0.25) is 11.8 Å². The van der Waals surface area contributed by atoms with E-state index in [4.69, 9.17) is 11.6 Å². The molecule has 166 valence electrons. The molecule has 2 aromatic carbocycles. The molecule has 1 aliphatic rings. The van der Waals surface area contributed by atoms with Crippen molar-refractivity contribution in [1.82, 2.24) is 9.55 Å². The highest BCUT2D eigenvalue weighted by atomic mass is 35.5. The quantitative estimate of drug-likeness (QED) is 0.431. The van der Waals surface area contributed by atoms with Crippen molar-refractivity contribution in [2.45, 2.75) is 32.0 Å². The number of hydrogen-bond acceptors (Lipinski definition) is 5. The summed E-state index contributed by atoms with van der Waals surface area (Å²) in [7, 11) is 0. The van der Waals surface area contributed by atoms with Gasteiger partial charge in [-0.3, -0.25) is 19.0 Å². The van der Waals surface area contributed by atoms with E-state index in [1.165, 1.54) is 16.7 Å². The minimum absolute atomic E-state index is 0.0435. The first kappa shape index (κ1) is 22.4. The normalized spacial score (nSPS) is 13.4. The molecule has 32 heavy (non-hydrogen) atoms. The number of amides is 2. The van der Waals surface area contributed by atoms with E-state index in [-0.39, 0.29) is 29.7 Å². The lowest BCUT2D eigenvalue weighted by Gasteiger charge is -2.29. The molecule has 0 atom stereocenters. The van der Waals surface area contributed by atoms with Gasteiger partial charge in [-0.15, -0.1) is 0 Å².